The second-order valence-corrected chi connectivity index (χ2v) is 5.17. The summed E-state index contributed by atoms with van der Waals surface area (Å²) in [5.74, 6) is -0.0574. The van der Waals surface area contributed by atoms with Crippen LogP contribution in [0, 0.1) is 0 Å². The number of rotatable bonds is 6. The Kier molecular flexibility index (Phi) is 5.18. The van der Waals surface area contributed by atoms with E-state index in [1.165, 1.54) is 12.1 Å². The predicted molar refractivity (Wildman–Crippen MR) is 71.3 cm³/mol. The van der Waals surface area contributed by atoms with Gasteiger partial charge in [-0.05, 0) is 31.0 Å². The molecule has 1 aliphatic heterocycles. The van der Waals surface area contributed by atoms with E-state index in [9.17, 15) is 8.78 Å². The van der Waals surface area contributed by atoms with E-state index in [1.54, 1.807) is 12.1 Å². The largest absolute Gasteiger partial charge is 0.435 e. The summed E-state index contributed by atoms with van der Waals surface area (Å²) in [5, 5.41) is 0. The Balaban J connectivity index is 1.85. The van der Waals surface area contributed by atoms with Crippen molar-refractivity contribution >= 4 is 11.6 Å². The van der Waals surface area contributed by atoms with Crippen LogP contribution < -0.4 is 4.74 Å². The standard InChI is InChI=1S/C14H17ClF2O3/c1-14(18-9-12(8-15)20-14)7-6-10-2-4-11(5-3-10)19-13(16)17/h2-5,12-13H,6-9H2,1H3. The second kappa shape index (κ2) is 6.70. The highest BCUT2D eigenvalue weighted by atomic mass is 35.5. The maximum absolute atomic E-state index is 12.0. The van der Waals surface area contributed by atoms with Crippen molar-refractivity contribution in [1.29, 1.82) is 0 Å². The lowest BCUT2D eigenvalue weighted by atomic mass is 10.1. The van der Waals surface area contributed by atoms with Crippen LogP contribution in [0.4, 0.5) is 8.78 Å². The first-order valence-electron chi connectivity index (χ1n) is 6.42. The topological polar surface area (TPSA) is 27.7 Å². The van der Waals surface area contributed by atoms with E-state index in [-0.39, 0.29) is 11.9 Å². The van der Waals surface area contributed by atoms with Crippen molar-refractivity contribution in [3.63, 3.8) is 0 Å². The predicted octanol–water partition coefficient (Wildman–Crippen LogP) is 3.59. The van der Waals surface area contributed by atoms with Gasteiger partial charge in [0.25, 0.3) is 0 Å². The fourth-order valence-electron chi connectivity index (χ4n) is 2.11. The molecule has 6 heteroatoms. The first-order chi connectivity index (χ1) is 9.50. The molecule has 2 rings (SSSR count). The van der Waals surface area contributed by atoms with Crippen LogP contribution >= 0.6 is 11.6 Å². The fraction of sp³-hybridized carbons (Fsp3) is 0.571. The number of hydrogen-bond acceptors (Lipinski definition) is 3. The van der Waals surface area contributed by atoms with Crippen molar-refractivity contribution < 1.29 is 23.0 Å². The second-order valence-electron chi connectivity index (χ2n) is 4.86. The SMILES string of the molecule is CC1(CCc2ccc(OC(F)F)cc2)OCC(CCl)O1. The summed E-state index contributed by atoms with van der Waals surface area (Å²) in [5.41, 5.74) is 1.01. The van der Waals surface area contributed by atoms with Crippen LogP contribution in [0.15, 0.2) is 24.3 Å². The molecule has 1 aromatic rings. The van der Waals surface area contributed by atoms with Gasteiger partial charge in [-0.2, -0.15) is 8.78 Å². The fourth-order valence-corrected chi connectivity index (χ4v) is 2.26. The molecule has 1 heterocycles. The van der Waals surface area contributed by atoms with Gasteiger partial charge in [-0.1, -0.05) is 12.1 Å². The molecule has 1 fully saturated rings. The van der Waals surface area contributed by atoms with Crippen molar-refractivity contribution in [1.82, 2.24) is 0 Å². The van der Waals surface area contributed by atoms with Crippen LogP contribution in [0.5, 0.6) is 5.75 Å². The quantitative estimate of drug-likeness (QED) is 0.752. The summed E-state index contributed by atoms with van der Waals surface area (Å²) >= 11 is 5.73. The molecule has 1 saturated heterocycles. The summed E-state index contributed by atoms with van der Waals surface area (Å²) in [6.07, 6.45) is 1.33. The van der Waals surface area contributed by atoms with Crippen LogP contribution in [0.25, 0.3) is 0 Å². The van der Waals surface area contributed by atoms with E-state index in [2.05, 4.69) is 4.74 Å². The van der Waals surface area contributed by atoms with Crippen molar-refractivity contribution in [2.45, 2.75) is 38.3 Å². The van der Waals surface area contributed by atoms with Crippen LogP contribution in [0.1, 0.15) is 18.9 Å². The lowest BCUT2D eigenvalue weighted by Crippen LogP contribution is -2.27. The minimum atomic E-state index is -2.80. The van der Waals surface area contributed by atoms with Gasteiger partial charge < -0.3 is 14.2 Å². The van der Waals surface area contributed by atoms with E-state index in [4.69, 9.17) is 21.1 Å². The first kappa shape index (κ1) is 15.5. The van der Waals surface area contributed by atoms with Gasteiger partial charge in [0.05, 0.1) is 18.6 Å². The zero-order chi connectivity index (χ0) is 14.6. The molecule has 0 aliphatic carbocycles. The molecule has 0 N–H and O–H groups in total. The number of aryl methyl sites for hydroxylation is 1. The third kappa shape index (κ3) is 4.30. The molecule has 0 spiro atoms. The molecule has 1 aromatic carbocycles. The Morgan fingerprint density at radius 2 is 2.10 bits per heavy atom. The Morgan fingerprint density at radius 3 is 2.65 bits per heavy atom. The molecule has 0 aromatic heterocycles. The van der Waals surface area contributed by atoms with Gasteiger partial charge in [-0.25, -0.2) is 0 Å². The third-order valence-corrected chi connectivity index (χ3v) is 3.52. The average molecular weight is 307 g/mol. The summed E-state index contributed by atoms with van der Waals surface area (Å²) in [6.45, 7) is -0.415. The normalized spacial score (nSPS) is 26.1. The smallest absolute Gasteiger partial charge is 0.387 e. The van der Waals surface area contributed by atoms with E-state index >= 15 is 0 Å². The van der Waals surface area contributed by atoms with Gasteiger partial charge in [-0.3, -0.25) is 0 Å². The van der Waals surface area contributed by atoms with Crippen molar-refractivity contribution in [3.05, 3.63) is 29.8 Å². The van der Waals surface area contributed by atoms with Crippen molar-refractivity contribution in [3.8, 4) is 5.75 Å². The number of hydrogen-bond donors (Lipinski definition) is 0. The third-order valence-electron chi connectivity index (χ3n) is 3.18. The molecule has 0 saturated carbocycles. The highest BCUT2D eigenvalue weighted by Crippen LogP contribution is 2.29. The molecule has 0 bridgehead atoms. The van der Waals surface area contributed by atoms with Gasteiger partial charge in [0, 0.05) is 6.42 Å². The zero-order valence-electron chi connectivity index (χ0n) is 11.2. The molecule has 3 nitrogen and oxygen atoms in total. The maximum atomic E-state index is 12.0. The number of halogens is 3. The lowest BCUT2D eigenvalue weighted by molar-refractivity contribution is -0.155. The molecular weight excluding hydrogens is 290 g/mol. The molecule has 2 atom stereocenters. The van der Waals surface area contributed by atoms with E-state index < -0.39 is 12.4 Å². The monoisotopic (exact) mass is 306 g/mol. The highest BCUT2D eigenvalue weighted by Gasteiger charge is 2.36. The van der Waals surface area contributed by atoms with Crippen molar-refractivity contribution in [2.24, 2.45) is 0 Å². The molecule has 20 heavy (non-hydrogen) atoms. The summed E-state index contributed by atoms with van der Waals surface area (Å²) in [6, 6.07) is 6.58. The minimum absolute atomic E-state index is 0.0662. The average Bonchev–Trinajstić information content (AvgIpc) is 2.80. The Bertz CT molecular complexity index is 427. The molecular formula is C14H17ClF2O3. The first-order valence-corrected chi connectivity index (χ1v) is 6.96. The highest BCUT2D eigenvalue weighted by molar-refractivity contribution is 6.18. The molecule has 0 amide bonds. The van der Waals surface area contributed by atoms with Crippen LogP contribution in [0.3, 0.4) is 0 Å². The molecule has 1 aliphatic rings. The van der Waals surface area contributed by atoms with Gasteiger partial charge in [-0.15, -0.1) is 11.6 Å². The van der Waals surface area contributed by atoms with Crippen LogP contribution in [0.2, 0.25) is 0 Å². The summed E-state index contributed by atoms with van der Waals surface area (Å²) in [4.78, 5) is 0. The van der Waals surface area contributed by atoms with Gasteiger partial charge in [0.2, 0.25) is 0 Å². The van der Waals surface area contributed by atoms with Crippen LogP contribution in [-0.4, -0.2) is 31.0 Å². The molecule has 2 unspecified atom stereocenters. The molecule has 112 valence electrons. The van der Waals surface area contributed by atoms with E-state index in [0.717, 1.165) is 12.0 Å². The Labute approximate surface area is 121 Å². The summed E-state index contributed by atoms with van der Waals surface area (Å²) < 4.78 is 39.7. The number of alkyl halides is 3. The number of benzene rings is 1. The molecule has 0 radical (unpaired) electrons. The summed E-state index contributed by atoms with van der Waals surface area (Å²) in [7, 11) is 0. The Morgan fingerprint density at radius 1 is 1.40 bits per heavy atom. The van der Waals surface area contributed by atoms with Gasteiger partial charge in [0.15, 0.2) is 5.79 Å². The van der Waals surface area contributed by atoms with E-state index in [0.29, 0.717) is 18.9 Å². The van der Waals surface area contributed by atoms with Crippen molar-refractivity contribution in [2.75, 3.05) is 12.5 Å². The Hall–Kier alpha value is -0.910. The lowest BCUT2D eigenvalue weighted by Gasteiger charge is -2.23. The minimum Gasteiger partial charge on any atom is -0.435 e. The van der Waals surface area contributed by atoms with Crippen LogP contribution in [-0.2, 0) is 15.9 Å². The number of ether oxygens (including phenoxy) is 3. The van der Waals surface area contributed by atoms with E-state index in [1.807, 2.05) is 6.92 Å². The van der Waals surface area contributed by atoms with Gasteiger partial charge in [0.1, 0.15) is 5.75 Å². The zero-order valence-corrected chi connectivity index (χ0v) is 11.9. The maximum Gasteiger partial charge on any atom is 0.387 e. The van der Waals surface area contributed by atoms with Gasteiger partial charge >= 0.3 is 6.61 Å².